The number of thioether (sulfide) groups is 1. The van der Waals surface area contributed by atoms with Crippen molar-refractivity contribution in [1.82, 2.24) is 14.5 Å². The Morgan fingerprint density at radius 1 is 1.36 bits per heavy atom. The number of rotatable bonds is 6. The summed E-state index contributed by atoms with van der Waals surface area (Å²) in [5, 5.41) is 4.87. The molecule has 3 rings (SSSR count). The molecule has 0 saturated heterocycles. The van der Waals surface area contributed by atoms with E-state index in [0.29, 0.717) is 11.6 Å². The van der Waals surface area contributed by atoms with Crippen LogP contribution in [-0.4, -0.2) is 28.3 Å². The van der Waals surface area contributed by atoms with Gasteiger partial charge in [0.05, 0.1) is 28.3 Å². The fraction of sp³-hybridized carbons (Fsp3) is 0.333. The molecule has 7 heteroatoms. The number of hydrogen-bond acceptors (Lipinski definition) is 5. The zero-order valence-corrected chi connectivity index (χ0v) is 14.8. The van der Waals surface area contributed by atoms with Crippen molar-refractivity contribution in [2.45, 2.75) is 24.4 Å². The summed E-state index contributed by atoms with van der Waals surface area (Å²) in [6.07, 6.45) is 0. The molecule has 0 N–H and O–H groups in total. The topological polar surface area (TPSA) is 39.9 Å². The summed E-state index contributed by atoms with van der Waals surface area (Å²) in [4.78, 5) is 9.21. The number of fused-ring (bicyclic) bond motifs is 1. The molecule has 0 radical (unpaired) electrons. The highest BCUT2D eigenvalue weighted by molar-refractivity contribution is 7.98. The molecule has 2 aromatic heterocycles. The number of nitrogens with zero attached hydrogens (tertiary/aromatic N) is 3. The maximum atomic E-state index is 6.07. The lowest BCUT2D eigenvalue weighted by atomic mass is 10.3. The molecule has 0 spiro atoms. The predicted molar refractivity (Wildman–Crippen MR) is 93.0 cm³/mol. The number of benzene rings is 1. The average Bonchev–Trinajstić information content (AvgIpc) is 3.06. The molecule has 0 amide bonds. The molecule has 0 unspecified atom stereocenters. The van der Waals surface area contributed by atoms with E-state index in [1.165, 1.54) is 0 Å². The Hall–Kier alpha value is -1.08. The normalized spacial score (nSPS) is 11.4. The number of ether oxygens (including phenoxy) is 1. The maximum Gasteiger partial charge on any atom is 0.169 e. The SMILES string of the molecule is COCCn1c(SCc2csc(C)n2)nc2cc(Cl)ccc21. The van der Waals surface area contributed by atoms with Crippen molar-refractivity contribution >= 4 is 45.7 Å². The largest absolute Gasteiger partial charge is 0.383 e. The summed E-state index contributed by atoms with van der Waals surface area (Å²) >= 11 is 9.44. The number of hydrogen-bond donors (Lipinski definition) is 0. The van der Waals surface area contributed by atoms with Crippen LogP contribution in [0.5, 0.6) is 0 Å². The van der Waals surface area contributed by atoms with Gasteiger partial charge in [0.25, 0.3) is 0 Å². The van der Waals surface area contributed by atoms with E-state index in [-0.39, 0.29) is 0 Å². The minimum atomic E-state index is 0.650. The Bertz CT molecular complexity index is 784. The van der Waals surface area contributed by atoms with Crippen molar-refractivity contribution in [2.24, 2.45) is 0 Å². The van der Waals surface area contributed by atoms with E-state index in [1.54, 1.807) is 30.2 Å². The lowest BCUT2D eigenvalue weighted by Gasteiger charge is -2.07. The van der Waals surface area contributed by atoms with Crippen molar-refractivity contribution in [1.29, 1.82) is 0 Å². The summed E-state index contributed by atoms with van der Waals surface area (Å²) in [6, 6.07) is 5.81. The van der Waals surface area contributed by atoms with Crippen LogP contribution >= 0.6 is 34.7 Å². The summed E-state index contributed by atoms with van der Waals surface area (Å²) < 4.78 is 7.39. The molecule has 0 saturated carbocycles. The number of halogens is 1. The van der Waals surface area contributed by atoms with E-state index >= 15 is 0 Å². The van der Waals surface area contributed by atoms with Crippen LogP contribution < -0.4 is 0 Å². The average molecular weight is 354 g/mol. The fourth-order valence-electron chi connectivity index (χ4n) is 2.20. The molecule has 2 heterocycles. The van der Waals surface area contributed by atoms with Crippen LogP contribution in [0.15, 0.2) is 28.7 Å². The Kier molecular flexibility index (Phi) is 5.03. The fourth-order valence-corrected chi connectivity index (χ4v) is 4.02. The lowest BCUT2D eigenvalue weighted by Crippen LogP contribution is -2.05. The Morgan fingerprint density at radius 2 is 2.23 bits per heavy atom. The van der Waals surface area contributed by atoms with Gasteiger partial charge in [0.1, 0.15) is 0 Å². The maximum absolute atomic E-state index is 6.07. The lowest BCUT2D eigenvalue weighted by molar-refractivity contribution is 0.186. The van der Waals surface area contributed by atoms with Crippen molar-refractivity contribution in [3.63, 3.8) is 0 Å². The van der Waals surface area contributed by atoms with E-state index in [0.717, 1.165) is 39.2 Å². The van der Waals surface area contributed by atoms with Gasteiger partial charge in [-0.2, -0.15) is 0 Å². The van der Waals surface area contributed by atoms with Crippen LogP contribution in [0.2, 0.25) is 5.02 Å². The second-order valence-corrected chi connectivity index (χ2v) is 7.26. The number of thiazole rings is 1. The third-order valence-electron chi connectivity index (χ3n) is 3.21. The van der Waals surface area contributed by atoms with Gasteiger partial charge in [-0.25, -0.2) is 9.97 Å². The molecular weight excluding hydrogens is 338 g/mol. The van der Waals surface area contributed by atoms with E-state index in [1.807, 2.05) is 25.1 Å². The van der Waals surface area contributed by atoms with Crippen LogP contribution in [-0.2, 0) is 17.0 Å². The Morgan fingerprint density at radius 3 is 2.95 bits per heavy atom. The molecule has 0 aliphatic rings. The van der Waals surface area contributed by atoms with E-state index < -0.39 is 0 Å². The molecule has 0 bridgehead atoms. The molecule has 0 fully saturated rings. The van der Waals surface area contributed by atoms with E-state index in [9.17, 15) is 0 Å². The number of aromatic nitrogens is 3. The van der Waals surface area contributed by atoms with Gasteiger partial charge < -0.3 is 9.30 Å². The predicted octanol–water partition coefficient (Wildman–Crippen LogP) is 4.39. The molecule has 0 atom stereocenters. The third-order valence-corrected chi connectivity index (χ3v) is 5.28. The molecule has 22 heavy (non-hydrogen) atoms. The Labute approximate surface area is 142 Å². The molecular formula is C15H16ClN3OS2. The summed E-state index contributed by atoms with van der Waals surface area (Å²) in [6.45, 7) is 3.44. The first-order valence-electron chi connectivity index (χ1n) is 6.86. The molecule has 0 aliphatic carbocycles. The van der Waals surface area contributed by atoms with Gasteiger partial charge in [0.15, 0.2) is 5.16 Å². The van der Waals surface area contributed by atoms with Crippen molar-refractivity contribution < 1.29 is 4.74 Å². The van der Waals surface area contributed by atoms with Crippen LogP contribution in [0.25, 0.3) is 11.0 Å². The highest BCUT2D eigenvalue weighted by Crippen LogP contribution is 2.28. The van der Waals surface area contributed by atoms with Crippen molar-refractivity contribution in [3.8, 4) is 0 Å². The number of aryl methyl sites for hydroxylation is 1. The summed E-state index contributed by atoms with van der Waals surface area (Å²) in [5.74, 6) is 0.814. The molecule has 4 nitrogen and oxygen atoms in total. The molecule has 0 aliphatic heterocycles. The third kappa shape index (κ3) is 3.46. The van der Waals surface area contributed by atoms with Crippen LogP contribution in [0.3, 0.4) is 0 Å². The zero-order valence-electron chi connectivity index (χ0n) is 12.4. The Balaban J connectivity index is 1.88. The van der Waals surface area contributed by atoms with Crippen LogP contribution in [0.4, 0.5) is 0 Å². The van der Waals surface area contributed by atoms with Crippen molar-refractivity contribution in [3.05, 3.63) is 39.3 Å². The quantitative estimate of drug-likeness (QED) is 0.616. The minimum absolute atomic E-state index is 0.650. The first-order valence-corrected chi connectivity index (χ1v) is 9.10. The van der Waals surface area contributed by atoms with E-state index in [4.69, 9.17) is 21.3 Å². The standard InChI is InChI=1S/C15H16ClN3OS2/c1-10-17-12(8-21-10)9-22-15-18-13-7-11(16)3-4-14(13)19(15)5-6-20-2/h3-4,7-8H,5-6,9H2,1-2H3. The van der Waals surface area contributed by atoms with Gasteiger partial charge in [-0.1, -0.05) is 23.4 Å². The van der Waals surface area contributed by atoms with Gasteiger partial charge in [-0.05, 0) is 25.1 Å². The second kappa shape index (κ2) is 7.00. The van der Waals surface area contributed by atoms with Crippen LogP contribution in [0, 0.1) is 6.92 Å². The monoisotopic (exact) mass is 353 g/mol. The first-order chi connectivity index (χ1) is 10.7. The van der Waals surface area contributed by atoms with Crippen molar-refractivity contribution in [2.75, 3.05) is 13.7 Å². The van der Waals surface area contributed by atoms with Gasteiger partial charge in [0.2, 0.25) is 0 Å². The highest BCUT2D eigenvalue weighted by atomic mass is 35.5. The molecule has 116 valence electrons. The summed E-state index contributed by atoms with van der Waals surface area (Å²) in [5.41, 5.74) is 3.09. The number of methoxy groups -OCH3 is 1. The van der Waals surface area contributed by atoms with Crippen LogP contribution in [0.1, 0.15) is 10.7 Å². The summed E-state index contributed by atoms with van der Waals surface area (Å²) in [7, 11) is 1.71. The zero-order chi connectivity index (χ0) is 15.5. The van der Waals surface area contributed by atoms with Gasteiger partial charge in [0, 0.05) is 29.8 Å². The van der Waals surface area contributed by atoms with Gasteiger partial charge >= 0.3 is 0 Å². The van der Waals surface area contributed by atoms with Gasteiger partial charge in [-0.15, -0.1) is 11.3 Å². The highest BCUT2D eigenvalue weighted by Gasteiger charge is 2.12. The molecule has 3 aromatic rings. The smallest absolute Gasteiger partial charge is 0.169 e. The molecule has 1 aromatic carbocycles. The number of imidazole rings is 1. The minimum Gasteiger partial charge on any atom is -0.383 e. The second-order valence-electron chi connectivity index (χ2n) is 4.82. The van der Waals surface area contributed by atoms with Gasteiger partial charge in [-0.3, -0.25) is 0 Å². The first kappa shape index (κ1) is 15.8. The van der Waals surface area contributed by atoms with E-state index in [2.05, 4.69) is 14.9 Å².